The Kier molecular flexibility index (Phi) is 5.02. The molecular weight excluding hydrogens is 424 g/mol. The number of nitrogens with one attached hydrogen (secondary N) is 1. The Balaban J connectivity index is 2.18. The Labute approximate surface area is 144 Å². The van der Waals surface area contributed by atoms with E-state index in [1.54, 1.807) is 0 Å². The van der Waals surface area contributed by atoms with E-state index in [2.05, 4.69) is 31.1 Å². The molecular formula is C13H8BrF6N3O2. The lowest BCUT2D eigenvalue weighted by atomic mass is 10.3. The van der Waals surface area contributed by atoms with Crippen molar-refractivity contribution >= 4 is 27.5 Å². The average molecular weight is 432 g/mol. The van der Waals surface area contributed by atoms with Crippen LogP contribution in [-0.2, 0) is 13.2 Å². The number of halogens is 7. The van der Waals surface area contributed by atoms with Crippen molar-refractivity contribution in [2.45, 2.75) is 12.5 Å². The van der Waals surface area contributed by atoms with Crippen LogP contribution in [0.25, 0.3) is 0 Å². The Morgan fingerprint density at radius 2 is 1.72 bits per heavy atom. The molecule has 1 heterocycles. The molecule has 0 atom stereocenters. The Morgan fingerprint density at radius 1 is 1.16 bits per heavy atom. The van der Waals surface area contributed by atoms with E-state index in [0.717, 1.165) is 31.3 Å². The fourth-order valence-corrected chi connectivity index (χ4v) is 2.62. The zero-order valence-electron chi connectivity index (χ0n) is 12.2. The zero-order chi connectivity index (χ0) is 19.0. The maximum atomic E-state index is 12.9. The van der Waals surface area contributed by atoms with E-state index in [9.17, 15) is 31.1 Å². The van der Waals surface area contributed by atoms with Gasteiger partial charge < -0.3 is 10.1 Å². The van der Waals surface area contributed by atoms with Crippen molar-refractivity contribution in [3.63, 3.8) is 0 Å². The first-order valence-electron chi connectivity index (χ1n) is 6.35. The average Bonchev–Trinajstić information content (AvgIpc) is 2.74. The molecule has 0 fully saturated rings. The van der Waals surface area contributed by atoms with Crippen LogP contribution < -0.4 is 10.1 Å². The molecule has 136 valence electrons. The molecule has 0 radical (unpaired) electrons. The number of carbonyl (C=O) groups excluding carboxylic acids is 1. The molecule has 5 nitrogen and oxygen atoms in total. The summed E-state index contributed by atoms with van der Waals surface area (Å²) in [6, 6.07) is 4.08. The lowest BCUT2D eigenvalue weighted by molar-refractivity contribution is -0.274. The van der Waals surface area contributed by atoms with Gasteiger partial charge in [-0.1, -0.05) is 0 Å². The van der Waals surface area contributed by atoms with Gasteiger partial charge in [0.2, 0.25) is 0 Å². The minimum atomic E-state index is -4.86. The molecule has 25 heavy (non-hydrogen) atoms. The van der Waals surface area contributed by atoms with Gasteiger partial charge in [-0.05, 0) is 40.2 Å². The molecule has 0 saturated carbocycles. The highest BCUT2D eigenvalue weighted by Crippen LogP contribution is 2.36. The monoisotopic (exact) mass is 431 g/mol. The van der Waals surface area contributed by atoms with Crippen molar-refractivity contribution in [2.75, 3.05) is 5.32 Å². The van der Waals surface area contributed by atoms with E-state index in [1.165, 1.54) is 0 Å². The predicted molar refractivity (Wildman–Crippen MR) is 77.0 cm³/mol. The van der Waals surface area contributed by atoms with E-state index in [0.29, 0.717) is 4.68 Å². The van der Waals surface area contributed by atoms with E-state index < -0.39 is 40.1 Å². The number of hydrogen-bond acceptors (Lipinski definition) is 3. The number of benzene rings is 1. The summed E-state index contributed by atoms with van der Waals surface area (Å²) in [6.45, 7) is 0. The van der Waals surface area contributed by atoms with Crippen LogP contribution in [0, 0.1) is 0 Å². The first-order valence-corrected chi connectivity index (χ1v) is 7.14. The number of amides is 1. The number of carbonyl (C=O) groups is 1. The third-order valence-corrected chi connectivity index (χ3v) is 3.57. The lowest BCUT2D eigenvalue weighted by Gasteiger charge is -2.09. The SMILES string of the molecule is Cn1nc(C(=O)Nc2ccc(OC(F)(F)F)cc2)c(Br)c1C(F)(F)F. The molecule has 0 spiro atoms. The largest absolute Gasteiger partial charge is 0.573 e. The summed E-state index contributed by atoms with van der Waals surface area (Å²) in [5.41, 5.74) is -1.62. The fourth-order valence-electron chi connectivity index (χ4n) is 1.88. The van der Waals surface area contributed by atoms with Crippen LogP contribution in [0.2, 0.25) is 0 Å². The lowest BCUT2D eigenvalue weighted by Crippen LogP contribution is -2.17. The molecule has 0 aliphatic heterocycles. The second-order valence-electron chi connectivity index (χ2n) is 4.66. The van der Waals surface area contributed by atoms with E-state index in [-0.39, 0.29) is 5.69 Å². The van der Waals surface area contributed by atoms with E-state index in [4.69, 9.17) is 0 Å². The standard InChI is InChI=1S/C13H8BrF6N3O2/c1-23-10(12(15,16)17)8(14)9(22-23)11(24)21-6-2-4-7(5-3-6)25-13(18,19)20/h2-5H,1H3,(H,21,24). The van der Waals surface area contributed by atoms with Gasteiger partial charge in [0, 0.05) is 12.7 Å². The Bertz CT molecular complexity index is 783. The minimum absolute atomic E-state index is 0.0469. The van der Waals surface area contributed by atoms with Crippen LogP contribution in [0.15, 0.2) is 28.7 Å². The highest BCUT2D eigenvalue weighted by atomic mass is 79.9. The first kappa shape index (κ1) is 19.1. The molecule has 1 N–H and O–H groups in total. The smallest absolute Gasteiger partial charge is 0.406 e. The number of alkyl halides is 6. The molecule has 1 aromatic carbocycles. The van der Waals surface area contributed by atoms with Gasteiger partial charge in [0.15, 0.2) is 11.4 Å². The number of hydrogen-bond donors (Lipinski definition) is 1. The van der Waals surface area contributed by atoms with Gasteiger partial charge in [0.25, 0.3) is 5.91 Å². The summed E-state index contributed by atoms with van der Waals surface area (Å²) in [5.74, 6) is -1.48. The maximum absolute atomic E-state index is 12.9. The molecule has 2 aromatic rings. The Hall–Kier alpha value is -2.24. The topological polar surface area (TPSA) is 56.2 Å². The third kappa shape index (κ3) is 4.65. The summed E-state index contributed by atoms with van der Waals surface area (Å²) in [4.78, 5) is 12.0. The zero-order valence-corrected chi connectivity index (χ0v) is 13.8. The van der Waals surface area contributed by atoms with Crippen LogP contribution in [0.5, 0.6) is 5.75 Å². The summed E-state index contributed by atoms with van der Waals surface area (Å²) in [5, 5.41) is 5.74. The number of nitrogens with zero attached hydrogens (tertiary/aromatic N) is 2. The van der Waals surface area contributed by atoms with Crippen molar-refractivity contribution in [2.24, 2.45) is 7.05 Å². The first-order chi connectivity index (χ1) is 11.4. The minimum Gasteiger partial charge on any atom is -0.406 e. The van der Waals surface area contributed by atoms with Crippen LogP contribution in [0.4, 0.5) is 32.0 Å². The van der Waals surface area contributed by atoms with Crippen molar-refractivity contribution in [3.05, 3.63) is 40.1 Å². The number of aryl methyl sites for hydroxylation is 1. The van der Waals surface area contributed by atoms with Crippen molar-refractivity contribution < 1.29 is 35.9 Å². The van der Waals surface area contributed by atoms with Crippen LogP contribution in [0.3, 0.4) is 0 Å². The molecule has 12 heteroatoms. The quantitative estimate of drug-likeness (QED) is 0.734. The van der Waals surface area contributed by atoms with Crippen molar-refractivity contribution in [1.82, 2.24) is 9.78 Å². The molecule has 2 rings (SSSR count). The van der Waals surface area contributed by atoms with Crippen molar-refractivity contribution in [3.8, 4) is 5.75 Å². The van der Waals surface area contributed by atoms with Gasteiger partial charge in [0.05, 0.1) is 4.47 Å². The highest BCUT2D eigenvalue weighted by molar-refractivity contribution is 9.10. The number of ether oxygens (including phenoxy) is 1. The van der Waals surface area contributed by atoms with E-state index in [1.807, 2.05) is 0 Å². The number of aromatic nitrogens is 2. The molecule has 0 aliphatic rings. The predicted octanol–water partition coefficient (Wildman–Crippen LogP) is 4.35. The van der Waals surface area contributed by atoms with Crippen LogP contribution in [-0.4, -0.2) is 22.1 Å². The normalized spacial score (nSPS) is 12.2. The van der Waals surface area contributed by atoms with Gasteiger partial charge in [0.1, 0.15) is 5.75 Å². The van der Waals surface area contributed by atoms with Gasteiger partial charge in [-0.25, -0.2) is 0 Å². The fraction of sp³-hybridized carbons (Fsp3) is 0.231. The van der Waals surface area contributed by atoms with Gasteiger partial charge >= 0.3 is 12.5 Å². The van der Waals surface area contributed by atoms with Crippen LogP contribution >= 0.6 is 15.9 Å². The van der Waals surface area contributed by atoms with E-state index >= 15 is 0 Å². The van der Waals surface area contributed by atoms with Crippen LogP contribution in [0.1, 0.15) is 16.2 Å². The maximum Gasteiger partial charge on any atom is 0.573 e. The second kappa shape index (κ2) is 6.58. The number of anilines is 1. The second-order valence-corrected chi connectivity index (χ2v) is 5.45. The summed E-state index contributed by atoms with van der Waals surface area (Å²) in [7, 11) is 1.02. The summed E-state index contributed by atoms with van der Waals surface area (Å²) >= 11 is 2.69. The van der Waals surface area contributed by atoms with Gasteiger partial charge in [-0.15, -0.1) is 13.2 Å². The molecule has 1 aromatic heterocycles. The molecule has 0 bridgehead atoms. The molecule has 0 saturated heterocycles. The molecule has 0 unspecified atom stereocenters. The third-order valence-electron chi connectivity index (χ3n) is 2.82. The Morgan fingerprint density at radius 3 is 2.16 bits per heavy atom. The summed E-state index contributed by atoms with van der Waals surface area (Å²) < 4.78 is 78.4. The summed E-state index contributed by atoms with van der Waals surface area (Å²) in [6.07, 6.45) is -9.59. The number of rotatable bonds is 3. The highest BCUT2D eigenvalue weighted by Gasteiger charge is 2.39. The molecule has 0 aliphatic carbocycles. The van der Waals surface area contributed by atoms with Gasteiger partial charge in [-0.3, -0.25) is 9.48 Å². The molecule has 1 amide bonds. The van der Waals surface area contributed by atoms with Crippen molar-refractivity contribution in [1.29, 1.82) is 0 Å². The van der Waals surface area contributed by atoms with Gasteiger partial charge in [-0.2, -0.15) is 18.3 Å².